The highest BCUT2D eigenvalue weighted by molar-refractivity contribution is 7.98. The molecule has 0 aliphatic heterocycles. The molecule has 0 N–H and O–H groups in total. The van der Waals surface area contributed by atoms with Crippen LogP contribution in [-0.4, -0.2) is 24.1 Å². The van der Waals surface area contributed by atoms with E-state index in [1.807, 2.05) is 47.9 Å². The number of benzene rings is 1. The third-order valence-corrected chi connectivity index (χ3v) is 6.22. The molecule has 4 rings (SSSR count). The van der Waals surface area contributed by atoms with Crippen LogP contribution in [-0.2, 0) is 17.7 Å². The fourth-order valence-corrected chi connectivity index (χ4v) is 4.38. The van der Waals surface area contributed by atoms with Crippen molar-refractivity contribution in [1.82, 2.24) is 24.1 Å². The highest BCUT2D eigenvalue weighted by Crippen LogP contribution is 2.28. The van der Waals surface area contributed by atoms with Crippen LogP contribution >= 0.6 is 11.8 Å². The summed E-state index contributed by atoms with van der Waals surface area (Å²) in [7, 11) is 0. The Hall–Kier alpha value is -2.80. The molecular weight excluding hydrogens is 406 g/mol. The quantitative estimate of drug-likeness (QED) is 0.350. The SMILES string of the molecule is CCn1c(SCc2cn3ccccc3n2)nnc1C(C)Oc1ccc(C(C)(C)C)cc1. The van der Waals surface area contributed by atoms with Gasteiger partial charge in [0.25, 0.3) is 0 Å². The summed E-state index contributed by atoms with van der Waals surface area (Å²) in [5.41, 5.74) is 3.39. The largest absolute Gasteiger partial charge is 0.483 e. The first-order chi connectivity index (χ1) is 14.8. The summed E-state index contributed by atoms with van der Waals surface area (Å²) in [6.45, 7) is 11.5. The molecule has 3 aromatic heterocycles. The zero-order valence-corrected chi connectivity index (χ0v) is 19.6. The molecule has 0 radical (unpaired) electrons. The number of aromatic nitrogens is 5. The minimum atomic E-state index is -0.197. The van der Waals surface area contributed by atoms with Crippen molar-refractivity contribution < 1.29 is 4.74 Å². The van der Waals surface area contributed by atoms with Gasteiger partial charge in [-0.2, -0.15) is 0 Å². The Morgan fingerprint density at radius 2 is 1.84 bits per heavy atom. The second-order valence-electron chi connectivity index (χ2n) is 8.61. The van der Waals surface area contributed by atoms with Gasteiger partial charge in [0.2, 0.25) is 0 Å². The number of imidazole rings is 1. The number of thioether (sulfide) groups is 1. The van der Waals surface area contributed by atoms with Gasteiger partial charge in [0.15, 0.2) is 17.1 Å². The highest BCUT2D eigenvalue weighted by Gasteiger charge is 2.20. The fraction of sp³-hybridized carbons (Fsp3) is 0.375. The minimum absolute atomic E-state index is 0.125. The first-order valence-corrected chi connectivity index (χ1v) is 11.6. The molecule has 0 spiro atoms. The van der Waals surface area contributed by atoms with E-state index in [2.05, 4.69) is 65.8 Å². The topological polar surface area (TPSA) is 57.2 Å². The van der Waals surface area contributed by atoms with Crippen LogP contribution in [0.4, 0.5) is 0 Å². The smallest absolute Gasteiger partial charge is 0.191 e. The standard InChI is InChI=1S/C24H29N5OS/c1-6-29-22(17(2)30-20-12-10-18(11-13-20)24(3,4)5)26-27-23(29)31-16-19-15-28-14-8-7-9-21(28)25-19/h7-15,17H,6,16H2,1-5H3. The zero-order chi connectivity index (χ0) is 22.0. The van der Waals surface area contributed by atoms with Gasteiger partial charge >= 0.3 is 0 Å². The van der Waals surface area contributed by atoms with Crippen LogP contribution < -0.4 is 4.74 Å². The molecule has 0 fully saturated rings. The molecule has 1 atom stereocenters. The van der Waals surface area contributed by atoms with Crippen molar-refractivity contribution in [2.45, 2.75) is 63.6 Å². The lowest BCUT2D eigenvalue weighted by molar-refractivity contribution is 0.210. The van der Waals surface area contributed by atoms with Crippen LogP contribution in [0.25, 0.3) is 5.65 Å². The molecule has 0 aliphatic carbocycles. The van der Waals surface area contributed by atoms with Gasteiger partial charge in [-0.25, -0.2) is 4.98 Å². The van der Waals surface area contributed by atoms with E-state index >= 15 is 0 Å². The molecule has 7 heteroatoms. The van der Waals surface area contributed by atoms with Gasteiger partial charge in [0.1, 0.15) is 11.4 Å². The number of hydrogen-bond acceptors (Lipinski definition) is 5. The summed E-state index contributed by atoms with van der Waals surface area (Å²) in [6.07, 6.45) is 3.87. The monoisotopic (exact) mass is 435 g/mol. The summed E-state index contributed by atoms with van der Waals surface area (Å²) in [5, 5.41) is 9.75. The first kappa shape index (κ1) is 21.4. The lowest BCUT2D eigenvalue weighted by atomic mass is 9.87. The van der Waals surface area contributed by atoms with Crippen molar-refractivity contribution in [2.75, 3.05) is 0 Å². The summed E-state index contributed by atoms with van der Waals surface area (Å²) in [4.78, 5) is 4.67. The van der Waals surface area contributed by atoms with E-state index in [0.29, 0.717) is 0 Å². The summed E-state index contributed by atoms with van der Waals surface area (Å²) in [5.74, 6) is 2.41. The molecule has 6 nitrogen and oxygen atoms in total. The molecular formula is C24H29N5OS. The van der Waals surface area contributed by atoms with Crippen molar-refractivity contribution in [2.24, 2.45) is 0 Å². The van der Waals surface area contributed by atoms with Crippen molar-refractivity contribution >= 4 is 17.4 Å². The third kappa shape index (κ3) is 4.77. The Bertz CT molecular complexity index is 1120. The van der Waals surface area contributed by atoms with E-state index < -0.39 is 0 Å². The third-order valence-electron chi connectivity index (χ3n) is 5.22. The van der Waals surface area contributed by atoms with Gasteiger partial charge in [0.05, 0.1) is 5.69 Å². The molecule has 0 saturated heterocycles. The number of pyridine rings is 1. The van der Waals surface area contributed by atoms with Crippen LogP contribution in [0.1, 0.15) is 57.8 Å². The van der Waals surface area contributed by atoms with Crippen molar-refractivity contribution in [3.05, 3.63) is 71.9 Å². The summed E-state index contributed by atoms with van der Waals surface area (Å²) < 4.78 is 10.3. The van der Waals surface area contributed by atoms with Crippen LogP contribution in [0.3, 0.4) is 0 Å². The normalized spacial score (nSPS) is 12.9. The van der Waals surface area contributed by atoms with E-state index in [0.717, 1.165) is 40.4 Å². The zero-order valence-electron chi connectivity index (χ0n) is 18.7. The van der Waals surface area contributed by atoms with E-state index in [-0.39, 0.29) is 11.5 Å². The number of rotatable bonds is 7. The summed E-state index contributed by atoms with van der Waals surface area (Å²) in [6, 6.07) is 14.3. The molecule has 0 aliphatic rings. The van der Waals surface area contributed by atoms with Gasteiger partial charge in [0, 0.05) is 24.7 Å². The molecule has 162 valence electrons. The molecule has 1 unspecified atom stereocenters. The van der Waals surface area contributed by atoms with Gasteiger partial charge in [-0.1, -0.05) is 50.7 Å². The van der Waals surface area contributed by atoms with Crippen LogP contribution in [0.2, 0.25) is 0 Å². The molecule has 31 heavy (non-hydrogen) atoms. The number of hydrogen-bond donors (Lipinski definition) is 0. The first-order valence-electron chi connectivity index (χ1n) is 10.6. The van der Waals surface area contributed by atoms with E-state index in [1.54, 1.807) is 11.8 Å². The Morgan fingerprint density at radius 3 is 2.52 bits per heavy atom. The predicted octanol–water partition coefficient (Wildman–Crippen LogP) is 5.68. The summed E-state index contributed by atoms with van der Waals surface area (Å²) >= 11 is 1.65. The van der Waals surface area contributed by atoms with Gasteiger partial charge in [-0.05, 0) is 49.1 Å². The Kier molecular flexibility index (Phi) is 6.05. The average Bonchev–Trinajstić information content (AvgIpc) is 3.35. The highest BCUT2D eigenvalue weighted by atomic mass is 32.2. The average molecular weight is 436 g/mol. The maximum atomic E-state index is 6.18. The Balaban J connectivity index is 1.45. The van der Waals surface area contributed by atoms with E-state index in [9.17, 15) is 0 Å². The molecule has 3 heterocycles. The van der Waals surface area contributed by atoms with Crippen molar-refractivity contribution in [3.8, 4) is 5.75 Å². The Morgan fingerprint density at radius 1 is 1.06 bits per heavy atom. The molecule has 0 bridgehead atoms. The van der Waals surface area contributed by atoms with Gasteiger partial charge in [-0.15, -0.1) is 10.2 Å². The lowest BCUT2D eigenvalue weighted by Gasteiger charge is -2.20. The van der Waals surface area contributed by atoms with Gasteiger partial charge in [-0.3, -0.25) is 0 Å². The van der Waals surface area contributed by atoms with Crippen LogP contribution in [0, 0.1) is 0 Å². The minimum Gasteiger partial charge on any atom is -0.483 e. The lowest BCUT2D eigenvalue weighted by Crippen LogP contribution is -2.13. The van der Waals surface area contributed by atoms with Gasteiger partial charge < -0.3 is 13.7 Å². The second kappa shape index (κ2) is 8.75. The molecule has 4 aromatic rings. The van der Waals surface area contributed by atoms with Crippen molar-refractivity contribution in [1.29, 1.82) is 0 Å². The maximum absolute atomic E-state index is 6.18. The second-order valence-corrected chi connectivity index (χ2v) is 9.55. The van der Waals surface area contributed by atoms with Crippen LogP contribution in [0.5, 0.6) is 5.75 Å². The Labute approximate surface area is 187 Å². The maximum Gasteiger partial charge on any atom is 0.191 e. The van der Waals surface area contributed by atoms with Crippen molar-refractivity contribution in [3.63, 3.8) is 0 Å². The number of fused-ring (bicyclic) bond motifs is 1. The fourth-order valence-electron chi connectivity index (χ4n) is 3.49. The van der Waals surface area contributed by atoms with Crippen LogP contribution in [0.15, 0.2) is 60.0 Å². The number of nitrogens with zero attached hydrogens (tertiary/aromatic N) is 5. The number of ether oxygens (including phenoxy) is 1. The van der Waals surface area contributed by atoms with E-state index in [1.165, 1.54) is 5.56 Å². The molecule has 1 aromatic carbocycles. The molecule has 0 amide bonds. The van der Waals surface area contributed by atoms with E-state index in [4.69, 9.17) is 4.74 Å². The predicted molar refractivity (Wildman–Crippen MR) is 125 cm³/mol. The molecule has 0 saturated carbocycles.